The van der Waals surface area contributed by atoms with Crippen LogP contribution in [-0.4, -0.2) is 31.9 Å². The first kappa shape index (κ1) is 18.6. The fraction of sp³-hybridized carbons (Fsp3) is 0.267. The first-order chi connectivity index (χ1) is 11.7. The Balaban J connectivity index is 2.00. The van der Waals surface area contributed by atoms with Gasteiger partial charge in [0.25, 0.3) is 0 Å². The van der Waals surface area contributed by atoms with Crippen LogP contribution >= 0.6 is 0 Å². The van der Waals surface area contributed by atoms with Crippen LogP contribution in [0.4, 0.5) is 11.4 Å². The van der Waals surface area contributed by atoms with E-state index in [2.05, 4.69) is 20.5 Å². The minimum atomic E-state index is -3.91. The van der Waals surface area contributed by atoms with Crippen LogP contribution in [0.3, 0.4) is 0 Å². The summed E-state index contributed by atoms with van der Waals surface area (Å²) >= 11 is 0. The van der Waals surface area contributed by atoms with E-state index in [0.29, 0.717) is 11.4 Å². The summed E-state index contributed by atoms with van der Waals surface area (Å²) < 4.78 is 31.5. The highest BCUT2D eigenvalue weighted by Crippen LogP contribution is 2.18. The summed E-state index contributed by atoms with van der Waals surface area (Å²) in [6.45, 7) is 3.88. The second-order valence-corrected chi connectivity index (χ2v) is 6.99. The average molecular weight is 366 g/mol. The standard InChI is InChI=1S/C15H18N4O5S/c1-9-15(10(2)24-19-9)25(22,23)16-8-14(21)18-13-6-4-5-12(7-13)17-11(3)20/h4-7,16H,8H2,1-3H3,(H,17,20)(H,18,21). The third-order valence-electron chi connectivity index (χ3n) is 3.13. The molecule has 2 amide bonds. The SMILES string of the molecule is CC(=O)Nc1cccc(NC(=O)CNS(=O)(=O)c2c(C)noc2C)c1. The van der Waals surface area contributed by atoms with Crippen LogP contribution in [0.25, 0.3) is 0 Å². The molecular formula is C15H18N4O5S. The smallest absolute Gasteiger partial charge is 0.246 e. The number of rotatable bonds is 6. The number of nitrogens with one attached hydrogen (secondary N) is 3. The van der Waals surface area contributed by atoms with Gasteiger partial charge >= 0.3 is 0 Å². The molecular weight excluding hydrogens is 348 g/mol. The van der Waals surface area contributed by atoms with E-state index in [0.717, 1.165) is 0 Å². The number of aryl methyl sites for hydroxylation is 2. The molecule has 0 aliphatic carbocycles. The fourth-order valence-corrected chi connectivity index (χ4v) is 3.48. The molecule has 0 bridgehead atoms. The summed E-state index contributed by atoms with van der Waals surface area (Å²) in [5.41, 5.74) is 1.16. The number of aromatic nitrogens is 1. The van der Waals surface area contributed by atoms with Gasteiger partial charge in [-0.05, 0) is 32.0 Å². The molecule has 10 heteroatoms. The monoisotopic (exact) mass is 366 g/mol. The molecule has 2 aromatic rings. The number of carbonyl (C=O) groups excluding carboxylic acids is 2. The Morgan fingerprint density at radius 1 is 1.16 bits per heavy atom. The fourth-order valence-electron chi connectivity index (χ4n) is 2.17. The molecule has 25 heavy (non-hydrogen) atoms. The molecule has 2 rings (SSSR count). The lowest BCUT2D eigenvalue weighted by Crippen LogP contribution is -2.33. The summed E-state index contributed by atoms with van der Waals surface area (Å²) in [5.74, 6) is -0.653. The Kier molecular flexibility index (Phi) is 5.55. The molecule has 134 valence electrons. The number of hydrogen-bond acceptors (Lipinski definition) is 6. The van der Waals surface area contributed by atoms with Gasteiger partial charge < -0.3 is 15.2 Å². The van der Waals surface area contributed by atoms with E-state index in [1.165, 1.54) is 20.8 Å². The zero-order valence-corrected chi connectivity index (χ0v) is 14.7. The van der Waals surface area contributed by atoms with Crippen molar-refractivity contribution in [2.24, 2.45) is 0 Å². The Morgan fingerprint density at radius 2 is 1.80 bits per heavy atom. The van der Waals surface area contributed by atoms with Crippen LogP contribution in [0.5, 0.6) is 0 Å². The molecule has 0 atom stereocenters. The van der Waals surface area contributed by atoms with Crippen molar-refractivity contribution in [3.8, 4) is 0 Å². The first-order valence-corrected chi connectivity index (χ1v) is 8.77. The van der Waals surface area contributed by atoms with E-state index in [4.69, 9.17) is 4.52 Å². The summed E-state index contributed by atoms with van der Waals surface area (Å²) in [6, 6.07) is 6.49. The molecule has 0 spiro atoms. The van der Waals surface area contributed by atoms with Crippen LogP contribution in [0.2, 0.25) is 0 Å². The quantitative estimate of drug-likeness (QED) is 0.703. The second-order valence-electron chi connectivity index (χ2n) is 5.29. The molecule has 0 fully saturated rings. The molecule has 0 aliphatic rings. The Hall–Kier alpha value is -2.72. The lowest BCUT2D eigenvalue weighted by atomic mass is 10.2. The molecule has 1 aromatic heterocycles. The summed E-state index contributed by atoms with van der Waals surface area (Å²) in [7, 11) is -3.91. The highest BCUT2D eigenvalue weighted by molar-refractivity contribution is 7.89. The Bertz CT molecular complexity index is 885. The third kappa shape index (κ3) is 4.88. The number of hydrogen-bond donors (Lipinski definition) is 3. The van der Waals surface area contributed by atoms with Crippen molar-refractivity contribution in [1.82, 2.24) is 9.88 Å². The van der Waals surface area contributed by atoms with Crippen molar-refractivity contribution in [1.29, 1.82) is 0 Å². The van der Waals surface area contributed by atoms with Crippen LogP contribution in [0.1, 0.15) is 18.4 Å². The van der Waals surface area contributed by atoms with Crippen molar-refractivity contribution in [2.45, 2.75) is 25.7 Å². The predicted molar refractivity (Wildman–Crippen MR) is 90.5 cm³/mol. The largest absolute Gasteiger partial charge is 0.360 e. The topological polar surface area (TPSA) is 130 Å². The first-order valence-electron chi connectivity index (χ1n) is 7.29. The van der Waals surface area contributed by atoms with E-state index in [1.807, 2.05) is 0 Å². The Labute approximate surface area is 144 Å². The minimum absolute atomic E-state index is 0.0760. The number of nitrogens with zero attached hydrogens (tertiary/aromatic N) is 1. The van der Waals surface area contributed by atoms with Crippen LogP contribution < -0.4 is 15.4 Å². The van der Waals surface area contributed by atoms with Gasteiger partial charge in [0, 0.05) is 18.3 Å². The maximum Gasteiger partial charge on any atom is 0.246 e. The molecule has 0 saturated carbocycles. The van der Waals surface area contributed by atoms with Crippen molar-refractivity contribution < 1.29 is 22.5 Å². The lowest BCUT2D eigenvalue weighted by Gasteiger charge is -2.09. The zero-order valence-electron chi connectivity index (χ0n) is 13.9. The highest BCUT2D eigenvalue weighted by atomic mass is 32.2. The van der Waals surface area contributed by atoms with Crippen molar-refractivity contribution in [2.75, 3.05) is 17.2 Å². The molecule has 1 heterocycles. The van der Waals surface area contributed by atoms with Crippen LogP contribution in [0, 0.1) is 13.8 Å². The predicted octanol–water partition coefficient (Wildman–Crippen LogP) is 1.17. The van der Waals surface area contributed by atoms with Gasteiger partial charge in [-0.3, -0.25) is 9.59 Å². The van der Waals surface area contributed by atoms with Gasteiger partial charge in [0.15, 0.2) is 5.76 Å². The van der Waals surface area contributed by atoms with E-state index in [-0.39, 0.29) is 22.3 Å². The number of carbonyl (C=O) groups is 2. The van der Waals surface area contributed by atoms with Crippen molar-refractivity contribution in [3.05, 3.63) is 35.7 Å². The van der Waals surface area contributed by atoms with E-state index in [9.17, 15) is 18.0 Å². The lowest BCUT2D eigenvalue weighted by molar-refractivity contribution is -0.115. The third-order valence-corrected chi connectivity index (χ3v) is 4.77. The van der Waals surface area contributed by atoms with Gasteiger partial charge in [0.2, 0.25) is 21.8 Å². The maximum absolute atomic E-state index is 12.2. The van der Waals surface area contributed by atoms with E-state index < -0.39 is 22.5 Å². The van der Waals surface area contributed by atoms with E-state index in [1.54, 1.807) is 24.3 Å². The van der Waals surface area contributed by atoms with Gasteiger partial charge in [0.1, 0.15) is 10.6 Å². The van der Waals surface area contributed by atoms with E-state index >= 15 is 0 Å². The Morgan fingerprint density at radius 3 is 2.36 bits per heavy atom. The van der Waals surface area contributed by atoms with Crippen LogP contribution in [-0.2, 0) is 19.6 Å². The average Bonchev–Trinajstić information content (AvgIpc) is 2.85. The molecule has 9 nitrogen and oxygen atoms in total. The molecule has 0 aliphatic heterocycles. The van der Waals surface area contributed by atoms with Crippen molar-refractivity contribution in [3.63, 3.8) is 0 Å². The van der Waals surface area contributed by atoms with Gasteiger partial charge in [0.05, 0.1) is 6.54 Å². The highest BCUT2D eigenvalue weighted by Gasteiger charge is 2.24. The summed E-state index contributed by atoms with van der Waals surface area (Å²) in [4.78, 5) is 22.9. The molecule has 3 N–H and O–H groups in total. The normalized spacial score (nSPS) is 11.2. The van der Waals surface area contributed by atoms with Crippen molar-refractivity contribution >= 4 is 33.2 Å². The molecule has 0 unspecified atom stereocenters. The molecule has 0 radical (unpaired) electrons. The van der Waals surface area contributed by atoms with Gasteiger partial charge in [-0.15, -0.1) is 0 Å². The zero-order chi connectivity index (χ0) is 18.6. The maximum atomic E-state index is 12.2. The number of anilines is 2. The minimum Gasteiger partial charge on any atom is -0.360 e. The van der Waals surface area contributed by atoms with Crippen LogP contribution in [0.15, 0.2) is 33.7 Å². The number of sulfonamides is 1. The second kappa shape index (κ2) is 7.45. The summed E-state index contributed by atoms with van der Waals surface area (Å²) in [6.07, 6.45) is 0. The summed E-state index contributed by atoms with van der Waals surface area (Å²) in [5, 5.41) is 8.71. The van der Waals surface area contributed by atoms with Gasteiger partial charge in [-0.1, -0.05) is 11.2 Å². The van der Waals surface area contributed by atoms with Gasteiger partial charge in [-0.25, -0.2) is 13.1 Å². The number of benzene rings is 1. The molecule has 0 saturated heterocycles. The number of amides is 2. The van der Waals surface area contributed by atoms with Gasteiger partial charge in [-0.2, -0.15) is 0 Å². The molecule has 1 aromatic carbocycles.